The molecule has 1 aliphatic heterocycles. The molecular formula is C16H10BrN3O. The van der Waals surface area contributed by atoms with E-state index in [9.17, 15) is 5.11 Å². The molecule has 0 unspecified atom stereocenters. The summed E-state index contributed by atoms with van der Waals surface area (Å²) in [6.07, 6.45) is 3.67. The first kappa shape index (κ1) is 12.3. The summed E-state index contributed by atoms with van der Waals surface area (Å²) >= 11 is 3.46. The van der Waals surface area contributed by atoms with Crippen LogP contribution in [0.2, 0.25) is 0 Å². The van der Waals surface area contributed by atoms with Gasteiger partial charge in [0.2, 0.25) is 0 Å². The van der Waals surface area contributed by atoms with E-state index in [1.807, 2.05) is 42.5 Å². The fourth-order valence-corrected chi connectivity index (χ4v) is 2.84. The zero-order valence-corrected chi connectivity index (χ0v) is 12.4. The van der Waals surface area contributed by atoms with Gasteiger partial charge in [-0.05, 0) is 35.6 Å². The molecule has 2 N–H and O–H groups in total. The molecule has 2 heterocycles. The molecule has 4 rings (SSSR count). The van der Waals surface area contributed by atoms with Gasteiger partial charge < -0.3 is 10.1 Å². The molecule has 3 aromatic rings. The van der Waals surface area contributed by atoms with Gasteiger partial charge in [0.05, 0.1) is 11.9 Å². The number of hydrogen-bond donors (Lipinski definition) is 2. The van der Waals surface area contributed by atoms with Crippen LogP contribution in [-0.2, 0) is 0 Å². The Labute approximate surface area is 128 Å². The van der Waals surface area contributed by atoms with Crippen molar-refractivity contribution < 1.29 is 5.11 Å². The Morgan fingerprint density at radius 1 is 1.14 bits per heavy atom. The summed E-state index contributed by atoms with van der Waals surface area (Å²) in [5.41, 5.74) is 2.52. The van der Waals surface area contributed by atoms with Crippen LogP contribution in [0.15, 0.2) is 51.1 Å². The number of aromatic nitrogens is 1. The fourth-order valence-electron chi connectivity index (χ4n) is 2.48. The lowest BCUT2D eigenvalue weighted by Gasteiger charge is -1.95. The van der Waals surface area contributed by atoms with E-state index in [-0.39, 0.29) is 5.88 Å². The summed E-state index contributed by atoms with van der Waals surface area (Å²) in [7, 11) is 0. The van der Waals surface area contributed by atoms with E-state index in [4.69, 9.17) is 0 Å². The molecule has 0 amide bonds. The maximum absolute atomic E-state index is 10.1. The summed E-state index contributed by atoms with van der Waals surface area (Å²) in [5, 5.41) is 21.0. The molecule has 1 aliphatic rings. The predicted octanol–water partition coefficient (Wildman–Crippen LogP) is 3.30. The van der Waals surface area contributed by atoms with Crippen LogP contribution in [0, 0.1) is 0 Å². The van der Waals surface area contributed by atoms with Crippen LogP contribution in [0.4, 0.5) is 5.69 Å². The number of azo groups is 1. The minimum Gasteiger partial charge on any atom is -0.494 e. The Hall–Kier alpha value is -2.40. The number of H-pyrrole nitrogens is 1. The van der Waals surface area contributed by atoms with E-state index in [0.29, 0.717) is 0 Å². The third-order valence-corrected chi connectivity index (χ3v) is 4.00. The highest BCUT2D eigenvalue weighted by molar-refractivity contribution is 9.10. The van der Waals surface area contributed by atoms with Crippen LogP contribution in [0.1, 0.15) is 5.56 Å². The van der Waals surface area contributed by atoms with Crippen molar-refractivity contribution in [1.82, 2.24) is 4.98 Å². The second-order valence-corrected chi connectivity index (χ2v) is 5.80. The molecule has 0 spiro atoms. The third-order valence-electron chi connectivity index (χ3n) is 3.51. The van der Waals surface area contributed by atoms with Crippen molar-refractivity contribution in [2.45, 2.75) is 0 Å². The van der Waals surface area contributed by atoms with Gasteiger partial charge >= 0.3 is 0 Å². The van der Waals surface area contributed by atoms with Gasteiger partial charge in [-0.1, -0.05) is 28.1 Å². The van der Waals surface area contributed by atoms with Crippen LogP contribution in [0.5, 0.6) is 5.88 Å². The predicted molar refractivity (Wildman–Crippen MR) is 85.9 cm³/mol. The van der Waals surface area contributed by atoms with E-state index in [0.717, 1.165) is 37.1 Å². The van der Waals surface area contributed by atoms with Crippen molar-refractivity contribution in [3.8, 4) is 5.88 Å². The Morgan fingerprint density at radius 3 is 2.95 bits per heavy atom. The van der Waals surface area contributed by atoms with E-state index >= 15 is 0 Å². The lowest BCUT2D eigenvalue weighted by atomic mass is 10.1. The first-order valence-electron chi connectivity index (χ1n) is 6.44. The third kappa shape index (κ3) is 2.06. The molecule has 0 bridgehead atoms. The largest absolute Gasteiger partial charge is 0.494 e. The smallest absolute Gasteiger partial charge is 0.196 e. The van der Waals surface area contributed by atoms with Crippen molar-refractivity contribution in [2.75, 3.05) is 0 Å². The minimum absolute atomic E-state index is 0.164. The van der Waals surface area contributed by atoms with Crippen LogP contribution >= 0.6 is 15.9 Å². The molecule has 0 atom stereocenters. The maximum atomic E-state index is 10.1. The SMILES string of the molecule is Oc1[nH]c2ccc(Br)cc2c1/C=c1\ccc2c(c1)N=NC=2. The number of halogens is 1. The molecule has 0 fully saturated rings. The van der Waals surface area contributed by atoms with Crippen LogP contribution in [-0.4, -0.2) is 10.1 Å². The highest BCUT2D eigenvalue weighted by Crippen LogP contribution is 2.30. The molecule has 0 saturated heterocycles. The van der Waals surface area contributed by atoms with Crippen LogP contribution < -0.4 is 10.4 Å². The average molecular weight is 340 g/mol. The quantitative estimate of drug-likeness (QED) is 0.702. The van der Waals surface area contributed by atoms with E-state index in [2.05, 4.69) is 31.1 Å². The lowest BCUT2D eigenvalue weighted by molar-refractivity contribution is 0.457. The lowest BCUT2D eigenvalue weighted by Crippen LogP contribution is -2.06. The van der Waals surface area contributed by atoms with Gasteiger partial charge in [-0.3, -0.25) is 0 Å². The highest BCUT2D eigenvalue weighted by atomic mass is 79.9. The number of rotatable bonds is 1. The Kier molecular flexibility index (Phi) is 2.68. The standard InChI is InChI=1S/C16H10BrN3O/c17-11-3-4-14-12(7-11)13(16(21)19-14)5-9-1-2-10-8-18-20-15(10)6-9/h1-8,19,21H/b9-5+. The van der Waals surface area contributed by atoms with Gasteiger partial charge in [0.1, 0.15) is 0 Å². The number of nitrogens with zero attached hydrogens (tertiary/aromatic N) is 2. The molecule has 1 aromatic heterocycles. The summed E-state index contributed by atoms with van der Waals surface area (Å²) in [6.45, 7) is 0. The van der Waals surface area contributed by atoms with Gasteiger partial charge in [-0.15, -0.1) is 0 Å². The number of nitrogens with one attached hydrogen (secondary N) is 1. The number of aromatic amines is 1. The second kappa shape index (κ2) is 4.56. The number of benzene rings is 2. The summed E-state index contributed by atoms with van der Waals surface area (Å²) in [5.74, 6) is 0.164. The summed E-state index contributed by atoms with van der Waals surface area (Å²) in [6, 6.07) is 11.8. The molecule has 102 valence electrons. The molecular weight excluding hydrogens is 330 g/mol. The zero-order chi connectivity index (χ0) is 14.4. The summed E-state index contributed by atoms with van der Waals surface area (Å²) in [4.78, 5) is 2.98. The van der Waals surface area contributed by atoms with Gasteiger partial charge in [0.15, 0.2) is 5.88 Å². The van der Waals surface area contributed by atoms with Crippen molar-refractivity contribution >= 4 is 44.8 Å². The Bertz CT molecular complexity index is 1020. The number of hydrogen-bond acceptors (Lipinski definition) is 3. The molecule has 0 radical (unpaired) electrons. The monoisotopic (exact) mass is 339 g/mol. The second-order valence-electron chi connectivity index (χ2n) is 4.88. The molecule has 0 saturated carbocycles. The molecule has 2 aromatic carbocycles. The molecule has 0 aliphatic carbocycles. The molecule has 21 heavy (non-hydrogen) atoms. The Balaban J connectivity index is 1.97. The first-order valence-corrected chi connectivity index (χ1v) is 7.23. The van der Waals surface area contributed by atoms with Crippen molar-refractivity contribution in [1.29, 1.82) is 0 Å². The van der Waals surface area contributed by atoms with E-state index in [1.165, 1.54) is 0 Å². The Morgan fingerprint density at radius 2 is 2.05 bits per heavy atom. The minimum atomic E-state index is 0.164. The van der Waals surface area contributed by atoms with Gasteiger partial charge in [-0.25, -0.2) is 0 Å². The average Bonchev–Trinajstić information content (AvgIpc) is 3.04. The number of aromatic hydroxyl groups is 1. The van der Waals surface area contributed by atoms with Gasteiger partial charge in [0, 0.05) is 26.2 Å². The van der Waals surface area contributed by atoms with Crippen LogP contribution in [0.3, 0.4) is 0 Å². The zero-order valence-electron chi connectivity index (χ0n) is 10.8. The first-order chi connectivity index (χ1) is 10.2. The molecule has 5 heteroatoms. The van der Waals surface area contributed by atoms with Gasteiger partial charge in [0.25, 0.3) is 0 Å². The normalized spacial score (nSPS) is 13.7. The molecule has 4 nitrogen and oxygen atoms in total. The number of fused-ring (bicyclic) bond motifs is 2. The highest BCUT2D eigenvalue weighted by Gasteiger charge is 2.09. The van der Waals surface area contributed by atoms with E-state index < -0.39 is 0 Å². The summed E-state index contributed by atoms with van der Waals surface area (Å²) < 4.78 is 0.973. The fraction of sp³-hybridized carbons (Fsp3) is 0. The van der Waals surface area contributed by atoms with Crippen molar-refractivity contribution in [3.63, 3.8) is 0 Å². The van der Waals surface area contributed by atoms with Gasteiger partial charge in [-0.2, -0.15) is 10.2 Å². The van der Waals surface area contributed by atoms with Crippen LogP contribution in [0.25, 0.3) is 23.2 Å². The van der Waals surface area contributed by atoms with Crippen molar-refractivity contribution in [3.05, 3.63) is 56.9 Å². The topological polar surface area (TPSA) is 60.7 Å². The van der Waals surface area contributed by atoms with E-state index in [1.54, 1.807) is 6.20 Å². The van der Waals surface area contributed by atoms with Crippen molar-refractivity contribution in [2.24, 2.45) is 10.2 Å². The maximum Gasteiger partial charge on any atom is 0.196 e.